The number of amides is 1. The Balaban J connectivity index is 1.23. The van der Waals surface area contributed by atoms with E-state index >= 15 is 0 Å². The molecule has 6 nitrogen and oxygen atoms in total. The van der Waals surface area contributed by atoms with Gasteiger partial charge >= 0.3 is 0 Å². The standard InChI is InChI=1S/C24H35N5OS/c1-31-24-27-26-22(29(24)21-12-5-6-13-21)14-7-15-25-23(30)20-11-8-16-28(18-20)17-19-9-3-2-4-10-19/h2-4,9-10,20-21H,5-8,11-18H2,1H3,(H,25,30). The fourth-order valence-electron chi connectivity index (χ4n) is 5.00. The highest BCUT2D eigenvalue weighted by Crippen LogP contribution is 2.33. The number of aromatic nitrogens is 3. The average Bonchev–Trinajstić information content (AvgIpc) is 3.47. The summed E-state index contributed by atoms with van der Waals surface area (Å²) < 4.78 is 2.36. The van der Waals surface area contributed by atoms with E-state index in [1.54, 1.807) is 11.8 Å². The van der Waals surface area contributed by atoms with Crippen LogP contribution in [-0.4, -0.2) is 51.5 Å². The molecule has 31 heavy (non-hydrogen) atoms. The van der Waals surface area contributed by atoms with Gasteiger partial charge in [0.15, 0.2) is 5.16 Å². The number of carbonyl (C=O) groups is 1. The molecule has 1 aromatic carbocycles. The molecule has 1 atom stereocenters. The summed E-state index contributed by atoms with van der Waals surface area (Å²) in [5.41, 5.74) is 1.32. The number of thioether (sulfide) groups is 1. The third kappa shape index (κ3) is 5.89. The summed E-state index contributed by atoms with van der Waals surface area (Å²) in [5.74, 6) is 1.39. The monoisotopic (exact) mass is 441 g/mol. The minimum atomic E-state index is 0.0997. The second-order valence-electron chi connectivity index (χ2n) is 8.87. The Morgan fingerprint density at radius 3 is 2.71 bits per heavy atom. The van der Waals surface area contributed by atoms with Crippen LogP contribution < -0.4 is 5.32 Å². The molecule has 0 radical (unpaired) electrons. The number of aryl methyl sites for hydroxylation is 1. The van der Waals surface area contributed by atoms with Gasteiger partial charge in [0.1, 0.15) is 5.82 Å². The summed E-state index contributed by atoms with van der Waals surface area (Å²) in [4.78, 5) is 15.2. The zero-order chi connectivity index (χ0) is 21.5. The zero-order valence-electron chi connectivity index (χ0n) is 18.6. The van der Waals surface area contributed by atoms with Gasteiger partial charge in [0.2, 0.25) is 5.91 Å². The summed E-state index contributed by atoms with van der Waals surface area (Å²) in [6.07, 6.45) is 11.0. The molecule has 2 aromatic rings. The average molecular weight is 442 g/mol. The summed E-state index contributed by atoms with van der Waals surface area (Å²) in [7, 11) is 0. The van der Waals surface area contributed by atoms with Gasteiger partial charge in [-0.05, 0) is 50.5 Å². The molecule has 4 rings (SSSR count). The fourth-order valence-corrected chi connectivity index (χ4v) is 5.58. The summed E-state index contributed by atoms with van der Waals surface area (Å²) in [6, 6.07) is 11.1. The SMILES string of the molecule is CSc1nnc(CCCNC(=O)C2CCCN(Cc3ccccc3)C2)n1C1CCCC1. The highest BCUT2D eigenvalue weighted by atomic mass is 32.2. The smallest absolute Gasteiger partial charge is 0.224 e. The van der Waals surface area contributed by atoms with Gasteiger partial charge in [0.25, 0.3) is 0 Å². The van der Waals surface area contributed by atoms with E-state index in [-0.39, 0.29) is 11.8 Å². The van der Waals surface area contributed by atoms with E-state index in [0.717, 1.165) is 56.3 Å². The number of hydrogen-bond donors (Lipinski definition) is 1. The summed E-state index contributed by atoms with van der Waals surface area (Å²) in [5, 5.41) is 13.1. The largest absolute Gasteiger partial charge is 0.356 e. The van der Waals surface area contributed by atoms with Crippen molar-refractivity contribution in [1.29, 1.82) is 0 Å². The molecular weight excluding hydrogens is 406 g/mol. The quantitative estimate of drug-likeness (QED) is 0.469. The Hall–Kier alpha value is -1.86. The molecule has 0 bridgehead atoms. The second-order valence-corrected chi connectivity index (χ2v) is 9.64. The number of carbonyl (C=O) groups excluding carboxylic acids is 1. The van der Waals surface area contributed by atoms with Crippen LogP contribution in [0, 0.1) is 5.92 Å². The number of hydrogen-bond acceptors (Lipinski definition) is 5. The minimum Gasteiger partial charge on any atom is -0.356 e. The lowest BCUT2D eigenvalue weighted by Gasteiger charge is -2.32. The maximum absolute atomic E-state index is 12.8. The van der Waals surface area contributed by atoms with Crippen LogP contribution in [0.15, 0.2) is 35.5 Å². The first-order valence-corrected chi connectivity index (χ1v) is 13.0. The molecule has 1 aliphatic heterocycles. The molecule has 1 saturated heterocycles. The predicted octanol–water partition coefficient (Wildman–Crippen LogP) is 4.08. The summed E-state index contributed by atoms with van der Waals surface area (Å²) >= 11 is 1.68. The van der Waals surface area contributed by atoms with Crippen LogP contribution in [0.3, 0.4) is 0 Å². The van der Waals surface area contributed by atoms with E-state index < -0.39 is 0 Å². The van der Waals surface area contributed by atoms with Gasteiger partial charge in [-0.2, -0.15) is 0 Å². The molecule has 168 valence electrons. The molecule has 1 saturated carbocycles. The molecule has 1 aromatic heterocycles. The van der Waals surface area contributed by atoms with E-state index in [4.69, 9.17) is 0 Å². The lowest BCUT2D eigenvalue weighted by Crippen LogP contribution is -2.43. The number of piperidine rings is 1. The van der Waals surface area contributed by atoms with Gasteiger partial charge in [-0.3, -0.25) is 9.69 Å². The maximum atomic E-state index is 12.8. The van der Waals surface area contributed by atoms with E-state index in [1.807, 2.05) is 6.07 Å². The van der Waals surface area contributed by atoms with Gasteiger partial charge in [-0.25, -0.2) is 0 Å². The molecule has 1 amide bonds. The Morgan fingerprint density at radius 2 is 1.94 bits per heavy atom. The zero-order valence-corrected chi connectivity index (χ0v) is 19.4. The maximum Gasteiger partial charge on any atom is 0.224 e. The van der Waals surface area contributed by atoms with Crippen molar-refractivity contribution in [2.75, 3.05) is 25.9 Å². The lowest BCUT2D eigenvalue weighted by atomic mass is 9.96. The number of benzene rings is 1. The number of nitrogens with zero attached hydrogens (tertiary/aromatic N) is 4. The van der Waals surface area contributed by atoms with Crippen molar-refractivity contribution < 1.29 is 4.79 Å². The Labute approximate surface area is 190 Å². The molecule has 7 heteroatoms. The summed E-state index contributed by atoms with van der Waals surface area (Å²) in [6.45, 7) is 3.57. The van der Waals surface area contributed by atoms with Gasteiger partial charge in [-0.15, -0.1) is 10.2 Å². The highest BCUT2D eigenvalue weighted by molar-refractivity contribution is 7.98. The molecular formula is C24H35N5OS. The van der Waals surface area contributed by atoms with Gasteiger partial charge in [0.05, 0.1) is 5.92 Å². The number of nitrogens with one attached hydrogen (secondary N) is 1. The topological polar surface area (TPSA) is 63.1 Å². The van der Waals surface area contributed by atoms with Crippen molar-refractivity contribution in [2.24, 2.45) is 5.92 Å². The van der Waals surface area contributed by atoms with E-state index in [0.29, 0.717) is 12.6 Å². The Bertz CT molecular complexity index is 834. The molecule has 1 unspecified atom stereocenters. The van der Waals surface area contributed by atoms with Crippen molar-refractivity contribution in [3.05, 3.63) is 41.7 Å². The fraction of sp³-hybridized carbons (Fsp3) is 0.625. The van der Waals surface area contributed by atoms with Crippen LogP contribution in [0.2, 0.25) is 0 Å². The van der Waals surface area contributed by atoms with Gasteiger partial charge in [0, 0.05) is 32.1 Å². The third-order valence-electron chi connectivity index (χ3n) is 6.61. The molecule has 2 fully saturated rings. The van der Waals surface area contributed by atoms with Gasteiger partial charge in [-0.1, -0.05) is 54.9 Å². The van der Waals surface area contributed by atoms with Crippen molar-refractivity contribution >= 4 is 17.7 Å². The van der Waals surface area contributed by atoms with Gasteiger partial charge < -0.3 is 9.88 Å². The minimum absolute atomic E-state index is 0.0997. The lowest BCUT2D eigenvalue weighted by molar-refractivity contribution is -0.126. The molecule has 2 heterocycles. The van der Waals surface area contributed by atoms with Crippen molar-refractivity contribution in [1.82, 2.24) is 25.0 Å². The first-order chi connectivity index (χ1) is 15.2. The second kappa shape index (κ2) is 11.1. The van der Waals surface area contributed by atoms with Crippen molar-refractivity contribution in [3.8, 4) is 0 Å². The Kier molecular flexibility index (Phi) is 8.03. The highest BCUT2D eigenvalue weighted by Gasteiger charge is 2.26. The molecule has 1 N–H and O–H groups in total. The van der Waals surface area contributed by atoms with E-state index in [9.17, 15) is 4.79 Å². The molecule has 2 aliphatic rings. The first kappa shape index (κ1) is 22.3. The van der Waals surface area contributed by atoms with E-state index in [2.05, 4.69) is 55.5 Å². The number of rotatable bonds is 9. The van der Waals surface area contributed by atoms with E-state index in [1.165, 1.54) is 31.2 Å². The van der Waals surface area contributed by atoms with Crippen LogP contribution in [0.1, 0.15) is 62.4 Å². The Morgan fingerprint density at radius 1 is 1.13 bits per heavy atom. The van der Waals surface area contributed by atoms with Crippen LogP contribution in [0.5, 0.6) is 0 Å². The predicted molar refractivity (Wildman–Crippen MR) is 125 cm³/mol. The first-order valence-electron chi connectivity index (χ1n) is 11.8. The van der Waals surface area contributed by atoms with Crippen molar-refractivity contribution in [3.63, 3.8) is 0 Å². The molecule has 1 aliphatic carbocycles. The van der Waals surface area contributed by atoms with Crippen molar-refractivity contribution in [2.45, 2.75) is 69.1 Å². The third-order valence-corrected chi connectivity index (χ3v) is 7.25. The normalized spacial score (nSPS) is 20.2. The van der Waals surface area contributed by atoms with Crippen LogP contribution in [-0.2, 0) is 17.8 Å². The van der Waals surface area contributed by atoms with Crippen LogP contribution >= 0.6 is 11.8 Å². The van der Waals surface area contributed by atoms with Crippen LogP contribution in [0.4, 0.5) is 0 Å². The number of likely N-dealkylation sites (tertiary alicyclic amines) is 1. The van der Waals surface area contributed by atoms with Crippen LogP contribution in [0.25, 0.3) is 0 Å². The molecule has 0 spiro atoms.